The van der Waals surface area contributed by atoms with Crippen LogP contribution in [0.1, 0.15) is 17.1 Å². The van der Waals surface area contributed by atoms with E-state index in [0.29, 0.717) is 13.0 Å². The zero-order valence-corrected chi connectivity index (χ0v) is 8.13. The van der Waals surface area contributed by atoms with Crippen LogP contribution in [0.4, 0.5) is 0 Å². The number of aromatic nitrogens is 1. The molecule has 0 saturated heterocycles. The van der Waals surface area contributed by atoms with Crippen LogP contribution in [-0.4, -0.2) is 23.2 Å². The fraction of sp³-hybridized carbons (Fsp3) is 0.500. The van der Waals surface area contributed by atoms with E-state index in [1.165, 1.54) is 11.3 Å². The topological polar surface area (TPSA) is 59.4 Å². The molecule has 1 aromatic rings. The van der Waals surface area contributed by atoms with E-state index >= 15 is 0 Å². The number of aryl methyl sites for hydroxylation is 1. The largest absolute Gasteiger partial charge is 0.481 e. The summed E-state index contributed by atoms with van der Waals surface area (Å²) in [4.78, 5) is 14.5. The molecule has 0 aliphatic carbocycles. The molecule has 72 valence electrons. The van der Waals surface area contributed by atoms with Gasteiger partial charge in [0.2, 0.25) is 0 Å². The van der Waals surface area contributed by atoms with Crippen LogP contribution in [0.5, 0.6) is 0 Å². The van der Waals surface area contributed by atoms with Gasteiger partial charge in [-0.25, -0.2) is 4.98 Å². The highest BCUT2D eigenvalue weighted by atomic mass is 32.1. The quantitative estimate of drug-likeness (QED) is 0.780. The average Bonchev–Trinajstić information content (AvgIpc) is 2.50. The third-order valence-electron chi connectivity index (χ3n) is 1.46. The molecule has 0 radical (unpaired) electrons. The van der Waals surface area contributed by atoms with E-state index in [9.17, 15) is 4.79 Å². The van der Waals surface area contributed by atoms with Crippen molar-refractivity contribution in [2.45, 2.75) is 19.4 Å². The predicted molar refractivity (Wildman–Crippen MR) is 48.8 cm³/mol. The highest BCUT2D eigenvalue weighted by molar-refractivity contribution is 7.09. The zero-order valence-electron chi connectivity index (χ0n) is 7.32. The molecule has 0 fully saturated rings. The molecular formula is C8H11NO3S. The van der Waals surface area contributed by atoms with Gasteiger partial charge in [0.1, 0.15) is 5.01 Å². The number of nitrogens with zero attached hydrogens (tertiary/aromatic N) is 1. The van der Waals surface area contributed by atoms with Crippen LogP contribution in [0.15, 0.2) is 5.38 Å². The first-order valence-corrected chi connectivity index (χ1v) is 4.74. The van der Waals surface area contributed by atoms with Crippen molar-refractivity contribution in [3.63, 3.8) is 0 Å². The summed E-state index contributed by atoms with van der Waals surface area (Å²) in [6.45, 7) is 0.498. The van der Waals surface area contributed by atoms with Crippen LogP contribution >= 0.6 is 11.3 Å². The second-order valence-electron chi connectivity index (χ2n) is 2.56. The third-order valence-corrected chi connectivity index (χ3v) is 2.33. The Kier molecular flexibility index (Phi) is 3.85. The summed E-state index contributed by atoms with van der Waals surface area (Å²) in [7, 11) is 1.61. The lowest BCUT2D eigenvalue weighted by atomic mass is 10.2. The summed E-state index contributed by atoms with van der Waals surface area (Å²) < 4.78 is 4.90. The Balaban J connectivity index is 2.44. The molecule has 0 unspecified atom stereocenters. The SMILES string of the molecule is COCc1nc(CCC(=O)O)cs1. The number of aliphatic carboxylic acids is 1. The Bertz CT molecular complexity index is 285. The minimum absolute atomic E-state index is 0.135. The number of thiazole rings is 1. The molecule has 5 heteroatoms. The molecule has 0 amide bonds. The molecule has 0 atom stereocenters. The number of rotatable bonds is 5. The number of ether oxygens (including phenoxy) is 1. The summed E-state index contributed by atoms with van der Waals surface area (Å²) in [5.41, 5.74) is 0.833. The Hall–Kier alpha value is -0.940. The molecule has 0 aliphatic heterocycles. The molecule has 1 rings (SSSR count). The van der Waals surface area contributed by atoms with Crippen LogP contribution in [0.2, 0.25) is 0 Å². The van der Waals surface area contributed by atoms with Gasteiger partial charge in [-0.3, -0.25) is 4.79 Å². The summed E-state index contributed by atoms with van der Waals surface area (Å²) in [5, 5.41) is 11.2. The van der Waals surface area contributed by atoms with Crippen LogP contribution in [0, 0.1) is 0 Å². The van der Waals surface area contributed by atoms with Gasteiger partial charge < -0.3 is 9.84 Å². The average molecular weight is 201 g/mol. The standard InChI is InChI=1S/C8H11NO3S/c1-12-4-7-9-6(5-13-7)2-3-8(10)11/h5H,2-4H2,1H3,(H,10,11). The molecule has 0 bridgehead atoms. The third kappa shape index (κ3) is 3.52. The van der Waals surface area contributed by atoms with Crippen LogP contribution in [0.25, 0.3) is 0 Å². The fourth-order valence-corrected chi connectivity index (χ4v) is 1.69. The Labute approximate surface area is 80.2 Å². The molecule has 1 aromatic heterocycles. The smallest absolute Gasteiger partial charge is 0.303 e. The number of carbonyl (C=O) groups is 1. The van der Waals surface area contributed by atoms with Gasteiger partial charge in [0.15, 0.2) is 0 Å². The molecule has 1 heterocycles. The van der Waals surface area contributed by atoms with E-state index in [4.69, 9.17) is 9.84 Å². The Morgan fingerprint density at radius 2 is 2.54 bits per heavy atom. The van der Waals surface area contributed by atoms with Crippen molar-refractivity contribution in [2.75, 3.05) is 7.11 Å². The number of hydrogen-bond acceptors (Lipinski definition) is 4. The van der Waals surface area contributed by atoms with Gasteiger partial charge in [0, 0.05) is 18.9 Å². The lowest BCUT2D eigenvalue weighted by molar-refractivity contribution is -0.136. The molecule has 0 aliphatic rings. The molecule has 0 aromatic carbocycles. The van der Waals surface area contributed by atoms with Gasteiger partial charge in [-0.1, -0.05) is 0 Å². The first kappa shape index (κ1) is 10.1. The maximum Gasteiger partial charge on any atom is 0.303 e. The van der Waals surface area contributed by atoms with Gasteiger partial charge in [-0.2, -0.15) is 0 Å². The van der Waals surface area contributed by atoms with E-state index in [1.54, 1.807) is 7.11 Å². The number of carboxylic acids is 1. The first-order valence-electron chi connectivity index (χ1n) is 3.86. The Morgan fingerprint density at radius 1 is 1.77 bits per heavy atom. The lowest BCUT2D eigenvalue weighted by Gasteiger charge is -1.92. The number of carboxylic acid groups (broad SMARTS) is 1. The summed E-state index contributed by atoms with van der Waals surface area (Å²) in [6.07, 6.45) is 0.631. The van der Waals surface area contributed by atoms with Gasteiger partial charge in [0.05, 0.1) is 18.7 Å². The van der Waals surface area contributed by atoms with Crippen LogP contribution in [-0.2, 0) is 22.6 Å². The van der Waals surface area contributed by atoms with Gasteiger partial charge in [-0.05, 0) is 0 Å². The van der Waals surface area contributed by atoms with Crippen molar-refractivity contribution < 1.29 is 14.6 Å². The van der Waals surface area contributed by atoms with Crippen LogP contribution < -0.4 is 0 Å². The zero-order chi connectivity index (χ0) is 9.68. The van der Waals surface area contributed by atoms with E-state index in [1.807, 2.05) is 5.38 Å². The monoisotopic (exact) mass is 201 g/mol. The minimum atomic E-state index is -0.790. The van der Waals surface area contributed by atoms with Crippen molar-refractivity contribution in [3.8, 4) is 0 Å². The van der Waals surface area contributed by atoms with Crippen molar-refractivity contribution in [1.82, 2.24) is 4.98 Å². The van der Waals surface area contributed by atoms with Gasteiger partial charge in [-0.15, -0.1) is 11.3 Å². The molecule has 0 saturated carbocycles. The second-order valence-corrected chi connectivity index (χ2v) is 3.50. The van der Waals surface area contributed by atoms with Crippen molar-refractivity contribution >= 4 is 17.3 Å². The van der Waals surface area contributed by atoms with Gasteiger partial charge >= 0.3 is 5.97 Å². The number of hydrogen-bond donors (Lipinski definition) is 1. The van der Waals surface area contributed by atoms with Crippen molar-refractivity contribution in [2.24, 2.45) is 0 Å². The Morgan fingerprint density at radius 3 is 3.15 bits per heavy atom. The number of methoxy groups -OCH3 is 1. The summed E-state index contributed by atoms with van der Waals surface area (Å²) in [6, 6.07) is 0. The van der Waals surface area contributed by atoms with E-state index in [2.05, 4.69) is 4.98 Å². The van der Waals surface area contributed by atoms with Crippen molar-refractivity contribution in [3.05, 3.63) is 16.1 Å². The maximum absolute atomic E-state index is 10.3. The normalized spacial score (nSPS) is 10.2. The van der Waals surface area contributed by atoms with E-state index in [-0.39, 0.29) is 6.42 Å². The molecule has 13 heavy (non-hydrogen) atoms. The molecule has 1 N–H and O–H groups in total. The molecule has 0 spiro atoms. The minimum Gasteiger partial charge on any atom is -0.481 e. The summed E-state index contributed by atoms with van der Waals surface area (Å²) >= 11 is 1.50. The summed E-state index contributed by atoms with van der Waals surface area (Å²) in [5.74, 6) is -0.790. The van der Waals surface area contributed by atoms with Crippen LogP contribution in [0.3, 0.4) is 0 Å². The van der Waals surface area contributed by atoms with E-state index < -0.39 is 5.97 Å². The predicted octanol–water partition coefficient (Wildman–Crippen LogP) is 1.31. The second kappa shape index (κ2) is 4.94. The highest BCUT2D eigenvalue weighted by Crippen LogP contribution is 2.11. The molecule has 4 nitrogen and oxygen atoms in total. The highest BCUT2D eigenvalue weighted by Gasteiger charge is 2.03. The maximum atomic E-state index is 10.3. The molecular weight excluding hydrogens is 190 g/mol. The first-order chi connectivity index (χ1) is 6.22. The van der Waals surface area contributed by atoms with Gasteiger partial charge in [0.25, 0.3) is 0 Å². The lowest BCUT2D eigenvalue weighted by Crippen LogP contribution is -1.97. The fourth-order valence-electron chi connectivity index (χ4n) is 0.889. The van der Waals surface area contributed by atoms with E-state index in [0.717, 1.165) is 10.7 Å². The van der Waals surface area contributed by atoms with Crippen molar-refractivity contribution in [1.29, 1.82) is 0 Å².